The van der Waals surface area contributed by atoms with Gasteiger partial charge in [0.25, 0.3) is 5.56 Å². The van der Waals surface area contributed by atoms with Crippen LogP contribution in [0.3, 0.4) is 0 Å². The van der Waals surface area contributed by atoms with E-state index in [-0.39, 0.29) is 12.2 Å². The highest BCUT2D eigenvalue weighted by molar-refractivity contribution is 7.07. The molecular formula is C30H34ClN3O4S. The van der Waals surface area contributed by atoms with Crippen molar-refractivity contribution in [1.82, 2.24) is 4.57 Å². The van der Waals surface area contributed by atoms with Crippen LogP contribution in [0.25, 0.3) is 6.08 Å². The van der Waals surface area contributed by atoms with Gasteiger partial charge in [-0.3, -0.25) is 9.36 Å². The molecule has 1 aromatic heterocycles. The lowest BCUT2D eigenvalue weighted by Crippen LogP contribution is -2.40. The summed E-state index contributed by atoms with van der Waals surface area (Å²) in [6.45, 7) is 10.1. The summed E-state index contributed by atoms with van der Waals surface area (Å²) in [6.07, 6.45) is 3.20. The lowest BCUT2D eigenvalue weighted by molar-refractivity contribution is -0.139. The smallest absolute Gasteiger partial charge is 0.338 e. The van der Waals surface area contributed by atoms with Gasteiger partial charge in [0, 0.05) is 29.4 Å². The summed E-state index contributed by atoms with van der Waals surface area (Å²) in [5.74, 6) is 0.0171. The third-order valence-corrected chi connectivity index (χ3v) is 7.92. The second kappa shape index (κ2) is 12.7. The number of carbonyl (C=O) groups excluding carboxylic acids is 1. The molecule has 0 bridgehead atoms. The van der Waals surface area contributed by atoms with Crippen molar-refractivity contribution in [3.8, 4) is 5.75 Å². The summed E-state index contributed by atoms with van der Waals surface area (Å²) in [5.41, 5.74) is 3.35. The van der Waals surface area contributed by atoms with Crippen molar-refractivity contribution in [2.45, 2.75) is 46.6 Å². The number of carbonyl (C=O) groups is 1. The molecule has 0 spiro atoms. The van der Waals surface area contributed by atoms with E-state index >= 15 is 0 Å². The largest absolute Gasteiger partial charge is 0.496 e. The van der Waals surface area contributed by atoms with Gasteiger partial charge in [0.2, 0.25) is 0 Å². The van der Waals surface area contributed by atoms with Gasteiger partial charge in [-0.1, -0.05) is 48.4 Å². The fourth-order valence-corrected chi connectivity index (χ4v) is 6.06. The Bertz CT molecular complexity index is 1550. The molecule has 1 aliphatic heterocycles. The number of hydrogen-bond donors (Lipinski definition) is 0. The minimum atomic E-state index is -0.789. The normalized spacial score (nSPS) is 15.1. The van der Waals surface area contributed by atoms with Crippen molar-refractivity contribution in [3.05, 3.63) is 89.6 Å². The Morgan fingerprint density at radius 2 is 1.85 bits per heavy atom. The third kappa shape index (κ3) is 5.82. The van der Waals surface area contributed by atoms with Gasteiger partial charge in [0.05, 0.1) is 29.5 Å². The van der Waals surface area contributed by atoms with E-state index in [4.69, 9.17) is 26.1 Å². The molecule has 3 aromatic rings. The Kier molecular flexibility index (Phi) is 9.30. The first-order chi connectivity index (χ1) is 18.9. The first-order valence-electron chi connectivity index (χ1n) is 13.3. The zero-order chi connectivity index (χ0) is 28.1. The van der Waals surface area contributed by atoms with Crippen LogP contribution in [-0.2, 0) is 9.53 Å². The second-order valence-corrected chi connectivity index (χ2v) is 10.5. The van der Waals surface area contributed by atoms with E-state index in [1.807, 2.05) is 25.1 Å². The molecule has 1 aliphatic rings. The number of ether oxygens (including phenoxy) is 2. The van der Waals surface area contributed by atoms with Gasteiger partial charge in [0.15, 0.2) is 4.80 Å². The molecule has 0 unspecified atom stereocenters. The molecular weight excluding hydrogens is 534 g/mol. The Labute approximate surface area is 237 Å². The standard InChI is InChI=1S/C30H34ClN3O4S/c1-6-10-23-26(29(36)38-9-4)27(22-18-20(31)13-16-24(22)37-5)34-28(35)25(39-30(34)32-23)17-19-11-14-21(15-12-19)33(7-2)8-3/h11-18,27H,6-10H2,1-5H3/b25-17+/t27-/m1/s1. The van der Waals surface area contributed by atoms with Crippen molar-refractivity contribution in [1.29, 1.82) is 0 Å². The molecule has 39 heavy (non-hydrogen) atoms. The number of halogens is 1. The van der Waals surface area contributed by atoms with Crippen LogP contribution in [-0.4, -0.2) is 37.3 Å². The summed E-state index contributed by atoms with van der Waals surface area (Å²) in [5, 5.41) is 0.471. The number of methoxy groups -OCH3 is 1. The van der Waals surface area contributed by atoms with Crippen LogP contribution in [0.2, 0.25) is 5.02 Å². The molecule has 1 atom stereocenters. The number of aromatic nitrogens is 1. The number of thiazole rings is 1. The average Bonchev–Trinajstić information content (AvgIpc) is 3.24. The van der Waals surface area contributed by atoms with E-state index in [1.165, 1.54) is 11.3 Å². The number of hydrogen-bond acceptors (Lipinski definition) is 7. The quantitative estimate of drug-likeness (QED) is 0.319. The summed E-state index contributed by atoms with van der Waals surface area (Å²) in [7, 11) is 1.55. The van der Waals surface area contributed by atoms with E-state index < -0.39 is 12.0 Å². The van der Waals surface area contributed by atoms with Gasteiger partial charge in [-0.25, -0.2) is 9.79 Å². The number of nitrogens with zero attached hydrogens (tertiary/aromatic N) is 3. The average molecular weight is 568 g/mol. The summed E-state index contributed by atoms with van der Waals surface area (Å²) in [4.78, 5) is 34.9. The molecule has 2 heterocycles. The van der Waals surface area contributed by atoms with Crippen LogP contribution < -0.4 is 24.5 Å². The predicted molar refractivity (Wildman–Crippen MR) is 158 cm³/mol. The van der Waals surface area contributed by atoms with Gasteiger partial charge < -0.3 is 14.4 Å². The summed E-state index contributed by atoms with van der Waals surface area (Å²) in [6, 6.07) is 12.6. The van der Waals surface area contributed by atoms with Crippen LogP contribution >= 0.6 is 22.9 Å². The maximum atomic E-state index is 14.0. The maximum Gasteiger partial charge on any atom is 0.338 e. The molecule has 0 saturated carbocycles. The Morgan fingerprint density at radius 1 is 1.13 bits per heavy atom. The Hall–Kier alpha value is -3.36. The number of esters is 1. The third-order valence-electron chi connectivity index (χ3n) is 6.70. The molecule has 0 radical (unpaired) electrons. The van der Waals surface area contributed by atoms with Crippen molar-refractivity contribution in [2.24, 2.45) is 4.99 Å². The molecule has 9 heteroatoms. The van der Waals surface area contributed by atoms with Gasteiger partial charge in [-0.15, -0.1) is 0 Å². The molecule has 0 fully saturated rings. The Morgan fingerprint density at radius 3 is 2.46 bits per heavy atom. The minimum Gasteiger partial charge on any atom is -0.496 e. The number of benzene rings is 2. The SMILES string of the molecule is CCCC1=C(C(=O)OCC)[C@@H](c2cc(Cl)ccc2OC)n2c(s/c(=C/c3ccc(N(CC)CC)cc3)c2=O)=N1. The Balaban J connectivity index is 1.95. The van der Waals surface area contributed by atoms with Crippen molar-refractivity contribution in [2.75, 3.05) is 31.7 Å². The summed E-state index contributed by atoms with van der Waals surface area (Å²) < 4.78 is 13.2. The highest BCUT2D eigenvalue weighted by Crippen LogP contribution is 2.38. The van der Waals surface area contributed by atoms with E-state index in [0.717, 1.165) is 30.8 Å². The molecule has 2 aromatic carbocycles. The number of fused-ring (bicyclic) bond motifs is 1. The molecule has 7 nitrogen and oxygen atoms in total. The van der Waals surface area contributed by atoms with E-state index in [9.17, 15) is 9.59 Å². The molecule has 206 valence electrons. The minimum absolute atomic E-state index is 0.203. The van der Waals surface area contributed by atoms with Gasteiger partial charge in [-0.05, 0) is 69.2 Å². The van der Waals surface area contributed by atoms with Crippen molar-refractivity contribution >= 4 is 40.7 Å². The first kappa shape index (κ1) is 28.6. The topological polar surface area (TPSA) is 73.1 Å². The highest BCUT2D eigenvalue weighted by atomic mass is 35.5. The number of rotatable bonds is 10. The van der Waals surface area contributed by atoms with Gasteiger partial charge >= 0.3 is 5.97 Å². The lowest BCUT2D eigenvalue weighted by atomic mass is 9.93. The van der Waals surface area contributed by atoms with Gasteiger partial charge in [0.1, 0.15) is 11.8 Å². The molecule has 0 N–H and O–H groups in total. The first-order valence-corrected chi connectivity index (χ1v) is 14.5. The highest BCUT2D eigenvalue weighted by Gasteiger charge is 2.36. The van der Waals surface area contributed by atoms with Crippen LogP contribution in [0.5, 0.6) is 5.75 Å². The molecule has 4 rings (SSSR count). The predicted octanol–water partition coefficient (Wildman–Crippen LogP) is 5.09. The molecule has 0 amide bonds. The van der Waals surface area contributed by atoms with Crippen LogP contribution in [0.4, 0.5) is 5.69 Å². The zero-order valence-electron chi connectivity index (χ0n) is 23.0. The fraction of sp³-hybridized carbons (Fsp3) is 0.367. The summed E-state index contributed by atoms with van der Waals surface area (Å²) >= 11 is 7.72. The van der Waals surface area contributed by atoms with Crippen molar-refractivity contribution in [3.63, 3.8) is 0 Å². The van der Waals surface area contributed by atoms with E-state index in [2.05, 4.69) is 30.9 Å². The number of anilines is 1. The van der Waals surface area contributed by atoms with E-state index in [0.29, 0.717) is 43.4 Å². The van der Waals surface area contributed by atoms with E-state index in [1.54, 1.807) is 36.8 Å². The van der Waals surface area contributed by atoms with Crippen LogP contribution in [0.15, 0.2) is 63.5 Å². The monoisotopic (exact) mass is 567 g/mol. The van der Waals surface area contributed by atoms with Crippen molar-refractivity contribution < 1.29 is 14.3 Å². The van der Waals surface area contributed by atoms with Crippen LogP contribution in [0.1, 0.15) is 57.7 Å². The lowest BCUT2D eigenvalue weighted by Gasteiger charge is -2.27. The molecule has 0 saturated heterocycles. The maximum absolute atomic E-state index is 14.0. The number of allylic oxidation sites excluding steroid dienone is 1. The van der Waals surface area contributed by atoms with Crippen LogP contribution in [0, 0.1) is 0 Å². The van der Waals surface area contributed by atoms with Gasteiger partial charge in [-0.2, -0.15) is 0 Å². The fourth-order valence-electron chi connectivity index (χ4n) is 4.86. The second-order valence-electron chi connectivity index (χ2n) is 9.06. The zero-order valence-corrected chi connectivity index (χ0v) is 24.6. The molecule has 0 aliphatic carbocycles.